The van der Waals surface area contributed by atoms with Gasteiger partial charge in [-0.05, 0) is 25.0 Å². The second-order valence-electron chi connectivity index (χ2n) is 5.15. The van der Waals surface area contributed by atoms with Gasteiger partial charge in [0.25, 0.3) is 5.91 Å². The normalized spacial score (nSPS) is 11.1. The summed E-state index contributed by atoms with van der Waals surface area (Å²) >= 11 is 2.25. The summed E-state index contributed by atoms with van der Waals surface area (Å²) in [6.45, 7) is 1.26. The minimum atomic E-state index is -0.694. The third-order valence-electron chi connectivity index (χ3n) is 3.21. The zero-order valence-corrected chi connectivity index (χ0v) is 15.5. The van der Waals surface area contributed by atoms with Gasteiger partial charge in [0.05, 0.1) is 11.3 Å². The lowest BCUT2D eigenvalue weighted by molar-refractivity contribution is -0.121. The molecule has 8 heteroatoms. The maximum Gasteiger partial charge on any atom is 0.252 e. The minimum Gasteiger partial charge on any atom is -0.507 e. The molecule has 0 aliphatic carbocycles. The molecule has 1 rings (SSSR count). The number of nitrogens with two attached hydrogens (primary N) is 2. The van der Waals surface area contributed by atoms with Crippen molar-refractivity contribution in [2.75, 3.05) is 17.5 Å². The second-order valence-corrected chi connectivity index (χ2v) is 6.22. The van der Waals surface area contributed by atoms with Gasteiger partial charge in [0.15, 0.2) is 0 Å². The number of hydrogen-bond acceptors (Lipinski definition) is 5. The van der Waals surface area contributed by atoms with Crippen molar-refractivity contribution in [3.8, 4) is 5.75 Å². The van der Waals surface area contributed by atoms with Crippen LogP contribution in [0.4, 0.5) is 0 Å². The molecule has 0 fully saturated rings. The summed E-state index contributed by atoms with van der Waals surface area (Å²) in [4.78, 5) is 22.5. The summed E-state index contributed by atoms with van der Waals surface area (Å²) in [7, 11) is 0. The van der Waals surface area contributed by atoms with Crippen LogP contribution in [0.15, 0.2) is 24.4 Å². The number of carbonyl (C=O) groups is 2. The third-order valence-corrected chi connectivity index (χ3v) is 3.97. The molecular formula is C16H23IN4O3. The van der Waals surface area contributed by atoms with E-state index in [0.717, 1.165) is 17.3 Å². The van der Waals surface area contributed by atoms with Crippen molar-refractivity contribution in [2.24, 2.45) is 11.5 Å². The zero-order valence-electron chi connectivity index (χ0n) is 13.3. The molecule has 2 amide bonds. The van der Waals surface area contributed by atoms with Crippen LogP contribution in [0.1, 0.15) is 35.2 Å². The van der Waals surface area contributed by atoms with E-state index >= 15 is 0 Å². The predicted molar refractivity (Wildman–Crippen MR) is 103 cm³/mol. The number of aromatic hydroxyl groups is 1. The van der Waals surface area contributed by atoms with Gasteiger partial charge < -0.3 is 27.2 Å². The molecule has 0 saturated carbocycles. The molecule has 24 heavy (non-hydrogen) atoms. The molecule has 0 radical (unpaired) electrons. The van der Waals surface area contributed by atoms with Crippen LogP contribution in [-0.4, -0.2) is 34.4 Å². The number of carbonyl (C=O) groups excluding carboxylic acids is 2. The number of benzene rings is 1. The van der Waals surface area contributed by atoms with Crippen LogP contribution in [0.5, 0.6) is 5.75 Å². The molecule has 0 atom stereocenters. The van der Waals surface area contributed by atoms with E-state index in [2.05, 4.69) is 33.2 Å². The Morgan fingerprint density at radius 2 is 1.96 bits per heavy atom. The van der Waals surface area contributed by atoms with E-state index in [1.807, 2.05) is 0 Å². The highest BCUT2D eigenvalue weighted by Crippen LogP contribution is 2.20. The van der Waals surface area contributed by atoms with Crippen LogP contribution in [-0.2, 0) is 4.79 Å². The Balaban J connectivity index is 2.36. The lowest BCUT2D eigenvalue weighted by atomic mass is 10.1. The summed E-state index contributed by atoms with van der Waals surface area (Å²) in [5.41, 5.74) is 12.1. The smallest absolute Gasteiger partial charge is 0.252 e. The predicted octanol–water partition coefficient (Wildman–Crippen LogP) is 1.06. The van der Waals surface area contributed by atoms with Crippen LogP contribution >= 0.6 is 22.6 Å². The largest absolute Gasteiger partial charge is 0.507 e. The summed E-state index contributed by atoms with van der Waals surface area (Å²) in [6.07, 6.45) is 3.85. The van der Waals surface area contributed by atoms with Gasteiger partial charge in [-0.2, -0.15) is 0 Å². The van der Waals surface area contributed by atoms with E-state index in [9.17, 15) is 14.7 Å². The maximum atomic E-state index is 11.4. The number of phenols is 1. The van der Waals surface area contributed by atoms with Crippen LogP contribution in [0.2, 0.25) is 0 Å². The van der Waals surface area contributed by atoms with Crippen molar-refractivity contribution in [2.45, 2.75) is 19.3 Å². The van der Waals surface area contributed by atoms with Gasteiger partial charge in [-0.15, -0.1) is 0 Å². The first kappa shape index (κ1) is 20.1. The minimum absolute atomic E-state index is 0.0535. The van der Waals surface area contributed by atoms with Crippen LogP contribution in [0.25, 0.3) is 5.70 Å². The number of amides is 2. The summed E-state index contributed by atoms with van der Waals surface area (Å²) in [6, 6.07) is 4.43. The van der Waals surface area contributed by atoms with Gasteiger partial charge in [0.2, 0.25) is 5.91 Å². The SMILES string of the molecule is NC(=O)c1ccc(/C(N)=C/NCCCNC(=O)CCCI)cc1O. The van der Waals surface area contributed by atoms with Gasteiger partial charge in [-0.1, -0.05) is 28.7 Å². The quantitative estimate of drug-likeness (QED) is 0.209. The fourth-order valence-electron chi connectivity index (χ4n) is 1.92. The average Bonchev–Trinajstić information content (AvgIpc) is 2.55. The lowest BCUT2D eigenvalue weighted by Gasteiger charge is -2.07. The average molecular weight is 446 g/mol. The molecule has 0 saturated heterocycles. The molecule has 0 heterocycles. The standard InChI is InChI=1S/C16H23IN4O3/c17-6-1-3-15(23)21-8-2-7-20-10-13(18)11-4-5-12(16(19)24)14(22)9-11/h4-5,9-10,20,22H,1-3,6-8,18H2,(H2,19,24)(H,21,23)/b13-10-. The van der Waals surface area contributed by atoms with Gasteiger partial charge in [-0.25, -0.2) is 0 Å². The highest BCUT2D eigenvalue weighted by atomic mass is 127. The first-order valence-corrected chi connectivity index (χ1v) is 9.13. The van der Waals surface area contributed by atoms with Gasteiger partial charge >= 0.3 is 0 Å². The number of primary amides is 1. The molecular weight excluding hydrogens is 423 g/mol. The van der Waals surface area contributed by atoms with Crippen molar-refractivity contribution in [3.05, 3.63) is 35.5 Å². The first-order valence-electron chi connectivity index (χ1n) is 7.60. The topological polar surface area (TPSA) is 130 Å². The Labute approximate surface area is 155 Å². The van der Waals surface area contributed by atoms with Crippen LogP contribution in [0, 0.1) is 0 Å². The molecule has 0 spiro atoms. The Morgan fingerprint density at radius 3 is 2.58 bits per heavy atom. The molecule has 0 unspecified atom stereocenters. The van der Waals surface area contributed by atoms with E-state index < -0.39 is 5.91 Å². The number of halogens is 1. The van der Waals surface area contributed by atoms with E-state index in [4.69, 9.17) is 11.5 Å². The molecule has 0 aliphatic heterocycles. The maximum absolute atomic E-state index is 11.4. The van der Waals surface area contributed by atoms with Gasteiger partial charge in [-0.3, -0.25) is 9.59 Å². The summed E-state index contributed by atoms with van der Waals surface area (Å²) < 4.78 is 0.979. The van der Waals surface area contributed by atoms with Crippen LogP contribution in [0.3, 0.4) is 0 Å². The molecule has 0 aromatic heterocycles. The van der Waals surface area contributed by atoms with E-state index in [-0.39, 0.29) is 17.2 Å². The number of nitrogens with one attached hydrogen (secondary N) is 2. The van der Waals surface area contributed by atoms with Gasteiger partial charge in [0.1, 0.15) is 5.75 Å². The summed E-state index contributed by atoms with van der Waals surface area (Å²) in [5, 5.41) is 15.6. The number of alkyl halides is 1. The van der Waals surface area contributed by atoms with Crippen LogP contribution < -0.4 is 22.1 Å². The van der Waals surface area contributed by atoms with Crippen molar-refractivity contribution >= 4 is 40.1 Å². The second kappa shape index (κ2) is 10.7. The summed E-state index contributed by atoms with van der Waals surface area (Å²) in [5.74, 6) is -0.822. The molecule has 7 nitrogen and oxygen atoms in total. The Morgan fingerprint density at radius 1 is 1.21 bits per heavy atom. The monoisotopic (exact) mass is 446 g/mol. The molecule has 1 aromatic carbocycles. The van der Waals surface area contributed by atoms with Crippen molar-refractivity contribution in [1.29, 1.82) is 0 Å². The first-order chi connectivity index (χ1) is 11.5. The van der Waals surface area contributed by atoms with Crippen molar-refractivity contribution < 1.29 is 14.7 Å². The van der Waals surface area contributed by atoms with Gasteiger partial charge in [0, 0.05) is 35.7 Å². The Kier molecular flexibility index (Phi) is 8.98. The molecule has 1 aromatic rings. The fraction of sp³-hybridized carbons (Fsp3) is 0.375. The fourth-order valence-corrected chi connectivity index (χ4v) is 2.30. The Bertz CT molecular complexity index is 605. The molecule has 7 N–H and O–H groups in total. The lowest BCUT2D eigenvalue weighted by Crippen LogP contribution is -2.26. The molecule has 0 bridgehead atoms. The zero-order chi connectivity index (χ0) is 17.9. The number of hydrogen-bond donors (Lipinski definition) is 5. The highest BCUT2D eigenvalue weighted by Gasteiger charge is 2.08. The van der Waals surface area contributed by atoms with E-state index in [1.54, 1.807) is 12.3 Å². The van der Waals surface area contributed by atoms with Crippen molar-refractivity contribution in [3.63, 3.8) is 0 Å². The molecule has 0 aliphatic rings. The van der Waals surface area contributed by atoms with E-state index in [0.29, 0.717) is 30.8 Å². The van der Waals surface area contributed by atoms with E-state index in [1.165, 1.54) is 12.1 Å². The van der Waals surface area contributed by atoms with Crippen molar-refractivity contribution in [1.82, 2.24) is 10.6 Å². The Hall–Kier alpha value is -1.97. The molecule has 132 valence electrons. The third kappa shape index (κ3) is 7.07. The number of rotatable bonds is 10. The highest BCUT2D eigenvalue weighted by molar-refractivity contribution is 14.1.